The monoisotopic (exact) mass is 329 g/mol. The highest BCUT2D eigenvalue weighted by atomic mass is 16.6. The van der Waals surface area contributed by atoms with Gasteiger partial charge in [0.25, 0.3) is 17.5 Å². The van der Waals surface area contributed by atoms with E-state index in [-0.39, 0.29) is 17.3 Å². The molecule has 2 aromatic rings. The van der Waals surface area contributed by atoms with Crippen LogP contribution in [-0.2, 0) is 0 Å². The molecule has 0 radical (unpaired) electrons. The molecule has 2 aromatic heterocycles. The Morgan fingerprint density at radius 1 is 1.42 bits per heavy atom. The van der Waals surface area contributed by atoms with Gasteiger partial charge >= 0.3 is 0 Å². The maximum Gasteiger partial charge on any atom is 0.287 e. The molecule has 0 aliphatic carbocycles. The van der Waals surface area contributed by atoms with Crippen LogP contribution in [0.4, 0.5) is 5.69 Å². The lowest BCUT2D eigenvalue weighted by Gasteiger charge is -2.48. The van der Waals surface area contributed by atoms with E-state index in [9.17, 15) is 19.7 Å². The number of likely N-dealkylation sites (tertiary alicyclic amines) is 1. The summed E-state index contributed by atoms with van der Waals surface area (Å²) in [6, 6.07) is 6.27. The van der Waals surface area contributed by atoms with Gasteiger partial charge in [0.15, 0.2) is 0 Å². The molecule has 0 bridgehead atoms. The molecule has 124 valence electrons. The largest absolute Gasteiger partial charge is 0.351 e. The summed E-state index contributed by atoms with van der Waals surface area (Å²) >= 11 is 0. The predicted molar refractivity (Wildman–Crippen MR) is 83.5 cm³/mol. The second kappa shape index (κ2) is 5.76. The zero-order valence-corrected chi connectivity index (χ0v) is 12.9. The van der Waals surface area contributed by atoms with Crippen molar-refractivity contribution in [2.45, 2.75) is 12.5 Å². The van der Waals surface area contributed by atoms with Crippen molar-refractivity contribution in [2.24, 2.45) is 0 Å². The van der Waals surface area contributed by atoms with Crippen LogP contribution in [0, 0.1) is 10.1 Å². The maximum absolute atomic E-state index is 12.2. The Hall–Kier alpha value is -3.23. The maximum atomic E-state index is 12.2. The van der Waals surface area contributed by atoms with Gasteiger partial charge in [0.05, 0.1) is 16.7 Å². The first-order chi connectivity index (χ1) is 11.4. The van der Waals surface area contributed by atoms with Crippen LogP contribution in [0.1, 0.15) is 27.9 Å². The van der Waals surface area contributed by atoms with E-state index < -0.39 is 16.4 Å². The number of nitrogens with zero attached hydrogens (tertiary/aromatic N) is 3. The molecular formula is C15H15N5O4. The third-order valence-corrected chi connectivity index (χ3v) is 3.79. The van der Waals surface area contributed by atoms with Crippen molar-refractivity contribution < 1.29 is 14.5 Å². The van der Waals surface area contributed by atoms with Gasteiger partial charge in [-0.3, -0.25) is 24.7 Å². The van der Waals surface area contributed by atoms with E-state index in [4.69, 9.17) is 0 Å². The minimum atomic E-state index is -0.582. The van der Waals surface area contributed by atoms with Crippen molar-refractivity contribution in [3.63, 3.8) is 0 Å². The molecule has 0 atom stereocenters. The van der Waals surface area contributed by atoms with E-state index in [0.29, 0.717) is 18.8 Å². The molecular weight excluding hydrogens is 314 g/mol. The van der Waals surface area contributed by atoms with Crippen LogP contribution in [0.15, 0.2) is 36.7 Å². The molecule has 3 rings (SSSR count). The molecule has 0 aromatic carbocycles. The van der Waals surface area contributed by atoms with Crippen molar-refractivity contribution in [1.82, 2.24) is 20.2 Å². The van der Waals surface area contributed by atoms with Gasteiger partial charge in [-0.1, -0.05) is 6.07 Å². The van der Waals surface area contributed by atoms with Crippen molar-refractivity contribution in [2.75, 3.05) is 13.1 Å². The predicted octanol–water partition coefficient (Wildman–Crippen LogP) is 0.962. The summed E-state index contributed by atoms with van der Waals surface area (Å²) in [6.07, 6.45) is 2.71. The van der Waals surface area contributed by atoms with Crippen molar-refractivity contribution >= 4 is 17.5 Å². The van der Waals surface area contributed by atoms with Crippen LogP contribution in [0.25, 0.3) is 0 Å². The van der Waals surface area contributed by atoms with E-state index in [1.54, 1.807) is 29.3 Å². The second-order valence-corrected chi connectivity index (χ2v) is 5.92. The van der Waals surface area contributed by atoms with Crippen LogP contribution < -0.4 is 5.32 Å². The number of hydrogen-bond acceptors (Lipinski definition) is 5. The Balaban J connectivity index is 1.60. The van der Waals surface area contributed by atoms with Gasteiger partial charge in [0, 0.05) is 25.4 Å². The molecule has 3 heterocycles. The lowest BCUT2D eigenvalue weighted by atomic mass is 9.91. The Bertz CT molecular complexity index is 795. The number of hydrogen-bond donors (Lipinski definition) is 2. The topological polar surface area (TPSA) is 121 Å². The Morgan fingerprint density at radius 3 is 2.75 bits per heavy atom. The molecule has 9 heteroatoms. The fraction of sp³-hybridized carbons (Fsp3) is 0.267. The zero-order valence-electron chi connectivity index (χ0n) is 12.9. The number of H-pyrrole nitrogens is 1. The Kier molecular flexibility index (Phi) is 3.76. The standard InChI is InChI=1S/C15H15N5O4/c1-15(18-13(21)12-6-10(7-17-12)20(23)24)8-19(9-15)14(22)11-4-2-3-5-16-11/h2-7,17H,8-9H2,1H3,(H,18,21). The van der Waals surface area contributed by atoms with Gasteiger partial charge in [-0.2, -0.15) is 0 Å². The SMILES string of the molecule is CC1(NC(=O)c2cc([N+](=O)[O-])c[nH]2)CN(C(=O)c2ccccn2)C1. The van der Waals surface area contributed by atoms with E-state index in [1.807, 2.05) is 6.92 Å². The van der Waals surface area contributed by atoms with Gasteiger partial charge in [-0.05, 0) is 19.1 Å². The first kappa shape index (κ1) is 15.7. The van der Waals surface area contributed by atoms with Crippen LogP contribution >= 0.6 is 0 Å². The molecule has 0 saturated carbocycles. The average molecular weight is 329 g/mol. The van der Waals surface area contributed by atoms with Crippen LogP contribution in [-0.4, -0.2) is 50.2 Å². The number of nitrogens with one attached hydrogen (secondary N) is 2. The number of aromatic amines is 1. The third-order valence-electron chi connectivity index (χ3n) is 3.79. The molecule has 9 nitrogen and oxygen atoms in total. The van der Waals surface area contributed by atoms with E-state index in [1.165, 1.54) is 6.07 Å². The molecule has 0 unspecified atom stereocenters. The first-order valence-electron chi connectivity index (χ1n) is 7.24. The lowest BCUT2D eigenvalue weighted by molar-refractivity contribution is -0.384. The average Bonchev–Trinajstić information content (AvgIpc) is 3.03. The number of carbonyl (C=O) groups excluding carboxylic acids is 2. The Morgan fingerprint density at radius 2 is 2.17 bits per heavy atom. The minimum Gasteiger partial charge on any atom is -0.351 e. The summed E-state index contributed by atoms with van der Waals surface area (Å²) in [7, 11) is 0. The minimum absolute atomic E-state index is 0.109. The molecule has 0 spiro atoms. The molecule has 1 fully saturated rings. The summed E-state index contributed by atoms with van der Waals surface area (Å²) in [5.41, 5.74) is -0.296. The van der Waals surface area contributed by atoms with Crippen molar-refractivity contribution in [3.8, 4) is 0 Å². The number of rotatable bonds is 4. The van der Waals surface area contributed by atoms with Crippen LogP contribution in [0.3, 0.4) is 0 Å². The van der Waals surface area contributed by atoms with Gasteiger partial charge in [-0.25, -0.2) is 0 Å². The summed E-state index contributed by atoms with van der Waals surface area (Å²) in [6.45, 7) is 2.50. The van der Waals surface area contributed by atoms with Crippen LogP contribution in [0.2, 0.25) is 0 Å². The number of pyridine rings is 1. The van der Waals surface area contributed by atoms with Crippen molar-refractivity contribution in [1.29, 1.82) is 0 Å². The summed E-state index contributed by atoms with van der Waals surface area (Å²) in [4.78, 5) is 42.6. The number of aromatic nitrogens is 2. The van der Waals surface area contributed by atoms with Gasteiger partial charge in [0.1, 0.15) is 11.4 Å². The highest BCUT2D eigenvalue weighted by Crippen LogP contribution is 2.23. The number of nitro groups is 1. The fourth-order valence-electron chi connectivity index (χ4n) is 2.63. The van der Waals surface area contributed by atoms with Crippen molar-refractivity contribution in [3.05, 3.63) is 58.2 Å². The van der Waals surface area contributed by atoms with E-state index in [0.717, 1.165) is 6.20 Å². The first-order valence-corrected chi connectivity index (χ1v) is 7.24. The second-order valence-electron chi connectivity index (χ2n) is 5.92. The van der Waals surface area contributed by atoms with Gasteiger partial charge < -0.3 is 15.2 Å². The summed E-state index contributed by atoms with van der Waals surface area (Å²) in [5.74, 6) is -0.645. The molecule has 2 N–H and O–H groups in total. The summed E-state index contributed by atoms with van der Waals surface area (Å²) < 4.78 is 0. The molecule has 1 aliphatic heterocycles. The smallest absolute Gasteiger partial charge is 0.287 e. The molecule has 2 amide bonds. The zero-order chi connectivity index (χ0) is 17.3. The quantitative estimate of drug-likeness (QED) is 0.639. The van der Waals surface area contributed by atoms with Crippen LogP contribution in [0.5, 0.6) is 0 Å². The Labute approximate surface area is 136 Å². The molecule has 1 aliphatic rings. The van der Waals surface area contributed by atoms with Gasteiger partial charge in [-0.15, -0.1) is 0 Å². The lowest BCUT2D eigenvalue weighted by Crippen LogP contribution is -2.69. The highest BCUT2D eigenvalue weighted by Gasteiger charge is 2.43. The third kappa shape index (κ3) is 2.96. The number of carbonyl (C=O) groups is 2. The van der Waals surface area contributed by atoms with Gasteiger partial charge in [0.2, 0.25) is 0 Å². The normalized spacial score (nSPS) is 15.5. The number of amides is 2. The molecule has 1 saturated heterocycles. The summed E-state index contributed by atoms with van der Waals surface area (Å²) in [5, 5.41) is 13.4. The van der Waals surface area contributed by atoms with E-state index >= 15 is 0 Å². The molecule has 24 heavy (non-hydrogen) atoms. The highest BCUT2D eigenvalue weighted by molar-refractivity contribution is 5.95. The van der Waals surface area contributed by atoms with E-state index in [2.05, 4.69) is 15.3 Å². The fourth-order valence-corrected chi connectivity index (χ4v) is 2.63.